The third kappa shape index (κ3) is 3.40. The van der Waals surface area contributed by atoms with E-state index in [0.717, 1.165) is 6.42 Å². The van der Waals surface area contributed by atoms with E-state index in [1.807, 2.05) is 0 Å². The SMILES string of the molecule is C=CCCCOc1nc(N)nc(C)c1[N+](=O)[O-]. The van der Waals surface area contributed by atoms with Gasteiger partial charge in [0.05, 0.1) is 11.5 Å². The Balaban J connectivity index is 2.88. The molecule has 0 bridgehead atoms. The van der Waals surface area contributed by atoms with Crippen LogP contribution in [0.1, 0.15) is 18.5 Å². The van der Waals surface area contributed by atoms with Gasteiger partial charge in [0, 0.05) is 0 Å². The van der Waals surface area contributed by atoms with Crippen molar-refractivity contribution in [3.63, 3.8) is 0 Å². The van der Waals surface area contributed by atoms with E-state index in [2.05, 4.69) is 16.5 Å². The molecule has 1 heterocycles. The summed E-state index contributed by atoms with van der Waals surface area (Å²) in [6.45, 7) is 5.38. The molecule has 92 valence electrons. The Morgan fingerprint density at radius 3 is 2.88 bits per heavy atom. The Morgan fingerprint density at radius 1 is 1.59 bits per heavy atom. The fraction of sp³-hybridized carbons (Fsp3) is 0.400. The van der Waals surface area contributed by atoms with Crippen molar-refractivity contribution in [1.82, 2.24) is 9.97 Å². The quantitative estimate of drug-likeness (QED) is 0.349. The van der Waals surface area contributed by atoms with E-state index in [1.165, 1.54) is 6.92 Å². The van der Waals surface area contributed by atoms with Crippen molar-refractivity contribution in [2.45, 2.75) is 19.8 Å². The van der Waals surface area contributed by atoms with E-state index in [-0.39, 0.29) is 23.2 Å². The van der Waals surface area contributed by atoms with Gasteiger partial charge in [0.15, 0.2) is 0 Å². The van der Waals surface area contributed by atoms with Crippen LogP contribution in [0, 0.1) is 17.0 Å². The smallest absolute Gasteiger partial charge is 0.352 e. The molecular formula is C10H14N4O3. The van der Waals surface area contributed by atoms with Crippen LogP contribution in [0.25, 0.3) is 0 Å². The van der Waals surface area contributed by atoms with Crippen molar-refractivity contribution in [3.8, 4) is 5.88 Å². The summed E-state index contributed by atoms with van der Waals surface area (Å²) in [6.07, 6.45) is 3.23. The van der Waals surface area contributed by atoms with E-state index < -0.39 is 4.92 Å². The third-order valence-electron chi connectivity index (χ3n) is 2.02. The first kappa shape index (κ1) is 12.9. The fourth-order valence-corrected chi connectivity index (χ4v) is 1.27. The topological polar surface area (TPSA) is 104 Å². The van der Waals surface area contributed by atoms with Gasteiger partial charge in [-0.15, -0.1) is 6.58 Å². The van der Waals surface area contributed by atoms with Crippen molar-refractivity contribution in [2.24, 2.45) is 0 Å². The molecule has 17 heavy (non-hydrogen) atoms. The molecule has 0 aromatic carbocycles. The van der Waals surface area contributed by atoms with Crippen molar-refractivity contribution in [2.75, 3.05) is 12.3 Å². The Hall–Kier alpha value is -2.18. The number of ether oxygens (including phenoxy) is 1. The first-order chi connectivity index (χ1) is 8.06. The normalized spacial score (nSPS) is 9.94. The van der Waals surface area contributed by atoms with Gasteiger partial charge in [-0.3, -0.25) is 10.1 Å². The van der Waals surface area contributed by atoms with Crippen LogP contribution in [0.15, 0.2) is 12.7 Å². The highest BCUT2D eigenvalue weighted by atomic mass is 16.6. The van der Waals surface area contributed by atoms with Crippen molar-refractivity contribution in [3.05, 3.63) is 28.5 Å². The number of nitrogen functional groups attached to an aromatic ring is 1. The van der Waals surface area contributed by atoms with Crippen LogP contribution in [0.5, 0.6) is 5.88 Å². The first-order valence-electron chi connectivity index (χ1n) is 5.08. The maximum Gasteiger partial charge on any atom is 0.352 e. The minimum Gasteiger partial charge on any atom is -0.473 e. The molecule has 0 spiro atoms. The number of anilines is 1. The van der Waals surface area contributed by atoms with Crippen LogP contribution in [-0.4, -0.2) is 21.5 Å². The Kier molecular flexibility index (Phi) is 4.38. The maximum atomic E-state index is 10.8. The summed E-state index contributed by atoms with van der Waals surface area (Å²) in [5, 5.41) is 10.8. The number of allylic oxidation sites excluding steroid dienone is 1. The molecule has 0 radical (unpaired) electrons. The zero-order valence-corrected chi connectivity index (χ0v) is 9.55. The number of nitro groups is 1. The summed E-state index contributed by atoms with van der Waals surface area (Å²) in [6, 6.07) is 0. The summed E-state index contributed by atoms with van der Waals surface area (Å²) in [5.74, 6) is -0.115. The molecule has 0 fully saturated rings. The van der Waals surface area contributed by atoms with E-state index in [1.54, 1.807) is 6.08 Å². The zero-order valence-electron chi connectivity index (χ0n) is 9.55. The largest absolute Gasteiger partial charge is 0.473 e. The highest BCUT2D eigenvalue weighted by Gasteiger charge is 2.22. The lowest BCUT2D eigenvalue weighted by Gasteiger charge is -2.06. The van der Waals surface area contributed by atoms with E-state index in [0.29, 0.717) is 13.0 Å². The van der Waals surface area contributed by atoms with Gasteiger partial charge in [-0.2, -0.15) is 4.98 Å². The standard InChI is InChI=1S/C10H14N4O3/c1-3-4-5-6-17-9-8(14(15)16)7(2)12-10(11)13-9/h3H,1,4-6H2,2H3,(H2,11,12,13). The third-order valence-corrected chi connectivity index (χ3v) is 2.02. The van der Waals surface area contributed by atoms with Gasteiger partial charge in [-0.1, -0.05) is 6.08 Å². The van der Waals surface area contributed by atoms with Crippen molar-refractivity contribution in [1.29, 1.82) is 0 Å². The molecule has 0 atom stereocenters. The molecule has 0 saturated heterocycles. The highest BCUT2D eigenvalue weighted by Crippen LogP contribution is 2.27. The number of aromatic nitrogens is 2. The summed E-state index contributed by atoms with van der Waals surface area (Å²) < 4.78 is 5.24. The Morgan fingerprint density at radius 2 is 2.29 bits per heavy atom. The first-order valence-corrected chi connectivity index (χ1v) is 5.08. The number of nitrogens with zero attached hydrogens (tertiary/aromatic N) is 3. The molecule has 0 aliphatic heterocycles. The molecule has 0 aliphatic rings. The number of nitrogens with two attached hydrogens (primary N) is 1. The minimum absolute atomic E-state index is 0.0354. The van der Waals surface area contributed by atoms with Crippen LogP contribution in [0.3, 0.4) is 0 Å². The average Bonchev–Trinajstić information content (AvgIpc) is 2.22. The van der Waals surface area contributed by atoms with Crippen LogP contribution in [0.4, 0.5) is 11.6 Å². The number of unbranched alkanes of at least 4 members (excludes halogenated alkanes) is 1. The van der Waals surface area contributed by atoms with Gasteiger partial charge in [0.2, 0.25) is 5.95 Å². The molecule has 1 aromatic rings. The van der Waals surface area contributed by atoms with Gasteiger partial charge in [0.25, 0.3) is 5.88 Å². The second kappa shape index (κ2) is 5.78. The van der Waals surface area contributed by atoms with Crippen molar-refractivity contribution < 1.29 is 9.66 Å². The summed E-state index contributed by atoms with van der Waals surface area (Å²) in [5.41, 5.74) is 5.38. The maximum absolute atomic E-state index is 10.8. The molecule has 7 heteroatoms. The summed E-state index contributed by atoms with van der Waals surface area (Å²) in [7, 11) is 0. The van der Waals surface area contributed by atoms with Crippen LogP contribution < -0.4 is 10.5 Å². The number of hydrogen-bond acceptors (Lipinski definition) is 6. The Labute approximate surface area is 98.5 Å². The van der Waals surface area contributed by atoms with Gasteiger partial charge in [0.1, 0.15) is 5.69 Å². The molecule has 0 aliphatic carbocycles. The van der Waals surface area contributed by atoms with Gasteiger partial charge < -0.3 is 10.5 Å². The van der Waals surface area contributed by atoms with Crippen LogP contribution in [-0.2, 0) is 0 Å². The van der Waals surface area contributed by atoms with E-state index >= 15 is 0 Å². The predicted molar refractivity (Wildman–Crippen MR) is 62.8 cm³/mol. The molecular weight excluding hydrogens is 224 g/mol. The monoisotopic (exact) mass is 238 g/mol. The highest BCUT2D eigenvalue weighted by molar-refractivity contribution is 5.47. The molecule has 0 unspecified atom stereocenters. The Bertz CT molecular complexity index is 434. The van der Waals surface area contributed by atoms with Gasteiger partial charge in [-0.25, -0.2) is 4.98 Å². The van der Waals surface area contributed by atoms with Crippen LogP contribution >= 0.6 is 0 Å². The van der Waals surface area contributed by atoms with Gasteiger partial charge in [-0.05, 0) is 19.8 Å². The fourth-order valence-electron chi connectivity index (χ4n) is 1.27. The molecule has 2 N–H and O–H groups in total. The van der Waals surface area contributed by atoms with Crippen LogP contribution in [0.2, 0.25) is 0 Å². The lowest BCUT2D eigenvalue weighted by Crippen LogP contribution is -2.07. The van der Waals surface area contributed by atoms with E-state index in [4.69, 9.17) is 10.5 Å². The number of aryl methyl sites for hydroxylation is 1. The lowest BCUT2D eigenvalue weighted by atomic mass is 10.3. The molecule has 0 saturated carbocycles. The lowest BCUT2D eigenvalue weighted by molar-refractivity contribution is -0.387. The molecule has 1 aromatic heterocycles. The molecule has 1 rings (SSSR count). The molecule has 7 nitrogen and oxygen atoms in total. The minimum atomic E-state index is -0.572. The number of hydrogen-bond donors (Lipinski definition) is 1. The second-order valence-corrected chi connectivity index (χ2v) is 3.36. The zero-order chi connectivity index (χ0) is 12.8. The molecule has 0 amide bonds. The van der Waals surface area contributed by atoms with Crippen molar-refractivity contribution >= 4 is 11.6 Å². The van der Waals surface area contributed by atoms with E-state index in [9.17, 15) is 10.1 Å². The van der Waals surface area contributed by atoms with Gasteiger partial charge >= 0.3 is 5.69 Å². The number of rotatable bonds is 6. The summed E-state index contributed by atoms with van der Waals surface area (Å²) >= 11 is 0. The summed E-state index contributed by atoms with van der Waals surface area (Å²) in [4.78, 5) is 17.7. The average molecular weight is 238 g/mol. The predicted octanol–water partition coefficient (Wildman–Crippen LogP) is 1.62. The second-order valence-electron chi connectivity index (χ2n) is 3.36.